The molecular formula is C15H22N2O5S. The van der Waals surface area contributed by atoms with Crippen molar-refractivity contribution in [1.82, 2.24) is 9.21 Å². The Morgan fingerprint density at radius 2 is 1.78 bits per heavy atom. The van der Waals surface area contributed by atoms with Crippen molar-refractivity contribution in [2.75, 3.05) is 32.7 Å². The fraction of sp³-hybridized carbons (Fsp3) is 0.667. The maximum atomic E-state index is 12.9. The van der Waals surface area contributed by atoms with Crippen molar-refractivity contribution in [1.29, 1.82) is 0 Å². The fourth-order valence-corrected chi connectivity index (χ4v) is 4.96. The molecule has 1 aromatic rings. The summed E-state index contributed by atoms with van der Waals surface area (Å²) in [5, 5.41) is 9.32. The Morgan fingerprint density at radius 1 is 1.17 bits per heavy atom. The van der Waals surface area contributed by atoms with Crippen LogP contribution >= 0.6 is 0 Å². The summed E-state index contributed by atoms with van der Waals surface area (Å²) in [4.78, 5) is 13.5. The van der Waals surface area contributed by atoms with Crippen LogP contribution < -0.4 is 0 Å². The van der Waals surface area contributed by atoms with Crippen LogP contribution in [0, 0.1) is 19.8 Å². The minimum atomic E-state index is -3.85. The van der Waals surface area contributed by atoms with Gasteiger partial charge in [0.05, 0.1) is 0 Å². The molecule has 8 heteroatoms. The van der Waals surface area contributed by atoms with E-state index in [2.05, 4.69) is 4.90 Å². The molecule has 1 aliphatic carbocycles. The number of carboxylic acid groups (broad SMARTS) is 1. The van der Waals surface area contributed by atoms with Crippen molar-refractivity contribution in [2.45, 2.75) is 31.6 Å². The molecule has 23 heavy (non-hydrogen) atoms. The van der Waals surface area contributed by atoms with Gasteiger partial charge in [0.2, 0.25) is 10.0 Å². The van der Waals surface area contributed by atoms with Gasteiger partial charge in [0.25, 0.3) is 0 Å². The molecule has 2 aliphatic rings. The summed E-state index contributed by atoms with van der Waals surface area (Å²) in [7, 11) is -3.85. The molecule has 0 amide bonds. The molecule has 1 saturated heterocycles. The number of furan rings is 1. The summed E-state index contributed by atoms with van der Waals surface area (Å²) in [6.45, 7) is 6.16. The number of rotatable bonds is 5. The number of hydrogen-bond donors (Lipinski definition) is 1. The van der Waals surface area contributed by atoms with Gasteiger partial charge in [-0.05, 0) is 32.6 Å². The van der Waals surface area contributed by atoms with Gasteiger partial charge in [-0.1, -0.05) is 0 Å². The van der Waals surface area contributed by atoms with Gasteiger partial charge in [0.15, 0.2) is 0 Å². The molecular weight excluding hydrogens is 320 g/mol. The van der Waals surface area contributed by atoms with Crippen molar-refractivity contribution < 1.29 is 22.7 Å². The van der Waals surface area contributed by atoms with E-state index in [1.54, 1.807) is 0 Å². The predicted molar refractivity (Wildman–Crippen MR) is 83.1 cm³/mol. The van der Waals surface area contributed by atoms with Gasteiger partial charge in [-0.15, -0.1) is 0 Å². The van der Waals surface area contributed by atoms with Crippen LogP contribution in [-0.4, -0.2) is 61.4 Å². The second-order valence-corrected chi connectivity index (χ2v) is 8.25. The highest BCUT2D eigenvalue weighted by Gasteiger charge is 2.37. The molecule has 0 atom stereocenters. The van der Waals surface area contributed by atoms with Crippen LogP contribution in [-0.2, 0) is 10.0 Å². The molecule has 0 bridgehead atoms. The third-order valence-electron chi connectivity index (χ3n) is 4.56. The minimum Gasteiger partial charge on any atom is -0.478 e. The smallest absolute Gasteiger partial charge is 0.340 e. The summed E-state index contributed by atoms with van der Waals surface area (Å²) in [6.07, 6.45) is 2.54. The molecule has 2 heterocycles. The van der Waals surface area contributed by atoms with Crippen LogP contribution in [0.15, 0.2) is 9.31 Å². The number of aryl methyl sites for hydroxylation is 2. The van der Waals surface area contributed by atoms with E-state index in [1.807, 2.05) is 0 Å². The third kappa shape index (κ3) is 3.15. The first-order valence-corrected chi connectivity index (χ1v) is 9.30. The van der Waals surface area contributed by atoms with Crippen LogP contribution in [0.4, 0.5) is 0 Å². The zero-order valence-electron chi connectivity index (χ0n) is 13.4. The van der Waals surface area contributed by atoms with Gasteiger partial charge in [-0.3, -0.25) is 0 Å². The molecule has 7 nitrogen and oxygen atoms in total. The van der Waals surface area contributed by atoms with Crippen molar-refractivity contribution >= 4 is 16.0 Å². The standard InChI is InChI=1S/C15H22N2O5S/c1-10-13(15(18)19)14(11(2)22-10)23(20,21)17-7-5-16(6-8-17)9-12-3-4-12/h12H,3-9H2,1-2H3,(H,18,19). The summed E-state index contributed by atoms with van der Waals surface area (Å²) >= 11 is 0. The Morgan fingerprint density at radius 3 is 2.30 bits per heavy atom. The second kappa shape index (κ2) is 5.92. The van der Waals surface area contributed by atoms with Gasteiger partial charge in [-0.2, -0.15) is 4.31 Å². The molecule has 3 rings (SSSR count). The first-order valence-electron chi connectivity index (χ1n) is 7.86. The van der Waals surface area contributed by atoms with Crippen molar-refractivity contribution in [3.8, 4) is 0 Å². The van der Waals surface area contributed by atoms with Crippen LogP contribution in [0.25, 0.3) is 0 Å². The van der Waals surface area contributed by atoms with E-state index in [9.17, 15) is 18.3 Å². The SMILES string of the molecule is Cc1oc(C)c(S(=O)(=O)N2CCN(CC3CC3)CC2)c1C(=O)O. The van der Waals surface area contributed by atoms with Crippen LogP contribution in [0.1, 0.15) is 34.7 Å². The largest absolute Gasteiger partial charge is 0.478 e. The van der Waals surface area contributed by atoms with E-state index in [0.29, 0.717) is 26.2 Å². The number of hydrogen-bond acceptors (Lipinski definition) is 5. The average Bonchev–Trinajstić information content (AvgIpc) is 3.22. The van der Waals surface area contributed by atoms with Gasteiger partial charge >= 0.3 is 5.97 Å². The molecule has 0 radical (unpaired) electrons. The third-order valence-corrected chi connectivity index (χ3v) is 6.61. The maximum Gasteiger partial charge on any atom is 0.340 e. The summed E-state index contributed by atoms with van der Waals surface area (Å²) in [5.74, 6) is -0.234. The highest BCUT2D eigenvalue weighted by molar-refractivity contribution is 7.89. The average molecular weight is 342 g/mol. The molecule has 2 fully saturated rings. The Hall–Kier alpha value is -1.38. The van der Waals surface area contributed by atoms with E-state index in [-0.39, 0.29) is 22.0 Å². The highest BCUT2D eigenvalue weighted by Crippen LogP contribution is 2.32. The lowest BCUT2D eigenvalue weighted by atomic mass is 10.2. The molecule has 1 N–H and O–H groups in total. The highest BCUT2D eigenvalue weighted by atomic mass is 32.2. The van der Waals surface area contributed by atoms with E-state index in [1.165, 1.54) is 31.0 Å². The Labute approximate surface area is 135 Å². The summed E-state index contributed by atoms with van der Waals surface area (Å²) in [6, 6.07) is 0. The molecule has 0 unspecified atom stereocenters. The molecule has 1 aromatic heterocycles. The molecule has 128 valence electrons. The summed E-state index contributed by atoms with van der Waals surface area (Å²) in [5.41, 5.74) is -0.247. The van der Waals surface area contributed by atoms with Gasteiger partial charge in [0, 0.05) is 32.7 Å². The molecule has 1 aliphatic heterocycles. The number of aromatic carboxylic acids is 1. The first kappa shape index (κ1) is 16.5. The first-order chi connectivity index (χ1) is 10.8. The van der Waals surface area contributed by atoms with Gasteiger partial charge < -0.3 is 14.4 Å². The molecule has 0 aromatic carbocycles. The maximum absolute atomic E-state index is 12.9. The zero-order chi connectivity index (χ0) is 16.8. The second-order valence-electron chi connectivity index (χ2n) is 6.37. The summed E-state index contributed by atoms with van der Waals surface area (Å²) < 4.78 is 32.4. The number of carbonyl (C=O) groups is 1. The number of piperazine rings is 1. The zero-order valence-corrected chi connectivity index (χ0v) is 14.2. The van der Waals surface area contributed by atoms with E-state index in [0.717, 1.165) is 12.5 Å². The Balaban J connectivity index is 1.81. The number of sulfonamides is 1. The minimum absolute atomic E-state index is 0.126. The van der Waals surface area contributed by atoms with E-state index >= 15 is 0 Å². The van der Waals surface area contributed by atoms with Gasteiger partial charge in [0.1, 0.15) is 22.0 Å². The Kier molecular flexibility index (Phi) is 4.24. The van der Waals surface area contributed by atoms with Gasteiger partial charge in [-0.25, -0.2) is 13.2 Å². The number of nitrogens with zero attached hydrogens (tertiary/aromatic N) is 2. The molecule has 1 saturated carbocycles. The van der Waals surface area contributed by atoms with Crippen LogP contribution in [0.2, 0.25) is 0 Å². The number of carboxylic acids is 1. The van der Waals surface area contributed by atoms with Crippen LogP contribution in [0.3, 0.4) is 0 Å². The predicted octanol–water partition coefficient (Wildman–Crippen LogP) is 1.31. The van der Waals surface area contributed by atoms with E-state index in [4.69, 9.17) is 4.42 Å². The fourth-order valence-electron chi connectivity index (χ4n) is 3.17. The van der Waals surface area contributed by atoms with Crippen molar-refractivity contribution in [3.63, 3.8) is 0 Å². The normalized spacial score (nSPS) is 20.8. The van der Waals surface area contributed by atoms with Crippen molar-refractivity contribution in [3.05, 3.63) is 17.1 Å². The topological polar surface area (TPSA) is 91.1 Å². The lowest BCUT2D eigenvalue weighted by molar-refractivity contribution is 0.0691. The quantitative estimate of drug-likeness (QED) is 0.867. The van der Waals surface area contributed by atoms with Crippen LogP contribution in [0.5, 0.6) is 0 Å². The van der Waals surface area contributed by atoms with Crippen molar-refractivity contribution in [2.24, 2.45) is 5.92 Å². The lowest BCUT2D eigenvalue weighted by Crippen LogP contribution is -2.49. The molecule has 0 spiro atoms. The Bertz CT molecular complexity index is 712. The monoisotopic (exact) mass is 342 g/mol. The van der Waals surface area contributed by atoms with E-state index < -0.39 is 16.0 Å². The lowest BCUT2D eigenvalue weighted by Gasteiger charge is -2.34.